The van der Waals surface area contributed by atoms with E-state index in [0.717, 1.165) is 54.1 Å². The smallest absolute Gasteiger partial charge is 0.385 e. The molecule has 0 saturated carbocycles. The van der Waals surface area contributed by atoms with E-state index in [-0.39, 0.29) is 18.5 Å². The Kier molecular flexibility index (Phi) is 6.46. The highest BCUT2D eigenvalue weighted by Gasteiger charge is 2.37. The molecule has 32 heavy (non-hydrogen) atoms. The second-order valence-electron chi connectivity index (χ2n) is 9.00. The monoisotopic (exact) mass is 449 g/mol. The van der Waals surface area contributed by atoms with Gasteiger partial charge >= 0.3 is 6.18 Å². The summed E-state index contributed by atoms with van der Waals surface area (Å²) in [6, 6.07) is 8.96. The summed E-state index contributed by atoms with van der Waals surface area (Å²) in [6.45, 7) is 5.96. The van der Waals surface area contributed by atoms with Crippen LogP contribution in [-0.4, -0.2) is 56.7 Å². The van der Waals surface area contributed by atoms with E-state index in [2.05, 4.69) is 29.2 Å². The van der Waals surface area contributed by atoms with Crippen LogP contribution in [0.4, 0.5) is 18.9 Å². The van der Waals surface area contributed by atoms with Crippen LogP contribution in [-0.2, 0) is 24.1 Å². The Labute approximate surface area is 186 Å². The van der Waals surface area contributed by atoms with Gasteiger partial charge in [0, 0.05) is 49.6 Å². The van der Waals surface area contributed by atoms with Gasteiger partial charge in [-0.05, 0) is 44.7 Å². The Morgan fingerprint density at radius 3 is 2.66 bits per heavy atom. The third-order valence-electron chi connectivity index (χ3n) is 6.49. The van der Waals surface area contributed by atoms with Crippen molar-refractivity contribution < 1.29 is 18.0 Å². The lowest BCUT2D eigenvalue weighted by Gasteiger charge is -2.36. The molecule has 2 bridgehead atoms. The first kappa shape index (κ1) is 22.6. The molecular weight excluding hydrogens is 419 g/mol. The van der Waals surface area contributed by atoms with Crippen molar-refractivity contribution in [2.24, 2.45) is 0 Å². The molecule has 2 aliphatic heterocycles. The van der Waals surface area contributed by atoms with Crippen LogP contribution in [0.15, 0.2) is 36.7 Å². The topological polar surface area (TPSA) is 53.4 Å². The number of fused-ring (bicyclic) bond motifs is 3. The maximum absolute atomic E-state index is 13.3. The van der Waals surface area contributed by atoms with Crippen molar-refractivity contribution in [3.05, 3.63) is 47.8 Å². The van der Waals surface area contributed by atoms with Gasteiger partial charge < -0.3 is 10.2 Å². The van der Waals surface area contributed by atoms with E-state index in [0.29, 0.717) is 25.2 Å². The number of carbonyl (C=O) groups is 1. The second-order valence-corrected chi connectivity index (χ2v) is 9.00. The van der Waals surface area contributed by atoms with E-state index in [4.69, 9.17) is 0 Å². The Hall–Kier alpha value is -2.55. The van der Waals surface area contributed by atoms with Crippen molar-refractivity contribution in [1.29, 1.82) is 0 Å². The van der Waals surface area contributed by atoms with E-state index < -0.39 is 11.7 Å². The summed E-state index contributed by atoms with van der Waals surface area (Å²) in [5, 5.41) is 7.29. The fourth-order valence-corrected chi connectivity index (χ4v) is 5.06. The number of amides is 1. The number of anilines is 1. The van der Waals surface area contributed by atoms with Gasteiger partial charge in [0.2, 0.25) is 5.91 Å². The number of hydrogen-bond acceptors (Lipinski definition) is 4. The minimum absolute atomic E-state index is 0.219. The maximum Gasteiger partial charge on any atom is 0.419 e. The molecule has 1 amide bonds. The van der Waals surface area contributed by atoms with Gasteiger partial charge in [0.15, 0.2) is 0 Å². The minimum Gasteiger partial charge on any atom is -0.385 e. The summed E-state index contributed by atoms with van der Waals surface area (Å²) in [4.78, 5) is 17.6. The van der Waals surface area contributed by atoms with E-state index >= 15 is 0 Å². The number of hydrogen-bond donors (Lipinski definition) is 1. The Morgan fingerprint density at radius 1 is 1.19 bits per heavy atom. The lowest BCUT2D eigenvalue weighted by Crippen LogP contribution is -2.48. The number of alkyl halides is 3. The number of aromatic nitrogens is 2. The van der Waals surface area contributed by atoms with Gasteiger partial charge in [-0.1, -0.05) is 18.2 Å². The van der Waals surface area contributed by atoms with Crippen molar-refractivity contribution in [3.63, 3.8) is 0 Å². The van der Waals surface area contributed by atoms with E-state index in [1.54, 1.807) is 4.90 Å². The fraction of sp³-hybridized carbons (Fsp3) is 0.565. The van der Waals surface area contributed by atoms with Gasteiger partial charge in [-0.3, -0.25) is 14.4 Å². The van der Waals surface area contributed by atoms with Crippen molar-refractivity contribution in [3.8, 4) is 0 Å². The van der Waals surface area contributed by atoms with E-state index in [9.17, 15) is 18.0 Å². The molecule has 1 fully saturated rings. The lowest BCUT2D eigenvalue weighted by molar-refractivity contribution is -0.138. The molecule has 1 saturated heterocycles. The lowest BCUT2D eigenvalue weighted by atomic mass is 10.1. The number of carbonyl (C=O) groups excluding carboxylic acids is 1. The number of halogens is 3. The molecule has 2 aliphatic rings. The second kappa shape index (κ2) is 9.13. The molecule has 174 valence electrons. The molecule has 1 aromatic heterocycles. The first-order valence-corrected chi connectivity index (χ1v) is 11.2. The minimum atomic E-state index is -4.47. The van der Waals surface area contributed by atoms with Crippen LogP contribution in [0.3, 0.4) is 0 Å². The van der Waals surface area contributed by atoms with Gasteiger partial charge in [-0.2, -0.15) is 18.3 Å². The van der Waals surface area contributed by atoms with Crippen LogP contribution in [0.25, 0.3) is 0 Å². The van der Waals surface area contributed by atoms with Crippen molar-refractivity contribution >= 4 is 11.6 Å². The van der Waals surface area contributed by atoms with E-state index in [1.165, 1.54) is 0 Å². The van der Waals surface area contributed by atoms with Crippen LogP contribution in [0.2, 0.25) is 0 Å². The summed E-state index contributed by atoms with van der Waals surface area (Å²) in [6.07, 6.45) is 0.311. The molecular formula is C23H30F3N5O. The quantitative estimate of drug-likeness (QED) is 0.770. The molecule has 1 N–H and O–H groups in total. The zero-order valence-corrected chi connectivity index (χ0v) is 18.5. The molecule has 2 aromatic rings. The van der Waals surface area contributed by atoms with Crippen LogP contribution >= 0.6 is 0 Å². The molecule has 0 aliphatic carbocycles. The van der Waals surface area contributed by atoms with Crippen molar-refractivity contribution in [1.82, 2.24) is 19.6 Å². The molecule has 4 rings (SSSR count). The zero-order chi connectivity index (χ0) is 22.9. The van der Waals surface area contributed by atoms with Gasteiger partial charge in [-0.15, -0.1) is 0 Å². The third-order valence-corrected chi connectivity index (χ3v) is 6.49. The number of nitrogens with one attached hydrogen (secondary N) is 1. The number of benzene rings is 1. The number of rotatable bonds is 3. The van der Waals surface area contributed by atoms with Crippen LogP contribution in [0.5, 0.6) is 0 Å². The number of para-hydroxylation sites is 1. The third kappa shape index (κ3) is 4.92. The maximum atomic E-state index is 13.3. The van der Waals surface area contributed by atoms with Gasteiger partial charge in [0.1, 0.15) is 6.54 Å². The molecule has 0 spiro atoms. The fourth-order valence-electron chi connectivity index (χ4n) is 5.06. The predicted molar refractivity (Wildman–Crippen MR) is 116 cm³/mol. The average molecular weight is 450 g/mol. The normalized spacial score (nSPS) is 22.4. The average Bonchev–Trinajstić information content (AvgIpc) is 3.34. The van der Waals surface area contributed by atoms with Crippen molar-refractivity contribution in [2.75, 3.05) is 18.4 Å². The summed E-state index contributed by atoms with van der Waals surface area (Å²) >= 11 is 0. The molecule has 0 unspecified atom stereocenters. The highest BCUT2D eigenvalue weighted by atomic mass is 19.4. The molecule has 6 nitrogen and oxygen atoms in total. The summed E-state index contributed by atoms with van der Waals surface area (Å²) < 4.78 is 39.9. The van der Waals surface area contributed by atoms with Crippen molar-refractivity contribution in [2.45, 2.75) is 70.5 Å². The zero-order valence-electron chi connectivity index (χ0n) is 18.5. The highest BCUT2D eigenvalue weighted by Crippen LogP contribution is 2.31. The van der Waals surface area contributed by atoms with Crippen LogP contribution in [0.1, 0.15) is 44.2 Å². The Bertz CT molecular complexity index is 942. The molecule has 2 atom stereocenters. The molecule has 3 heterocycles. The molecule has 0 radical (unpaired) electrons. The summed E-state index contributed by atoms with van der Waals surface area (Å²) in [7, 11) is 0. The van der Waals surface area contributed by atoms with Crippen LogP contribution in [0, 0.1) is 0 Å². The van der Waals surface area contributed by atoms with Gasteiger partial charge in [0.25, 0.3) is 0 Å². The molecule has 1 aromatic carbocycles. The van der Waals surface area contributed by atoms with Gasteiger partial charge in [-0.25, -0.2) is 0 Å². The van der Waals surface area contributed by atoms with E-state index in [1.807, 2.05) is 24.3 Å². The SMILES string of the molecule is CC(C)N1[C@H]2CCNc3ccccc3CN(C(=O)Cn3cc(C(F)(F)F)cn3)C[C@@H]1CC2. The highest BCUT2D eigenvalue weighted by molar-refractivity contribution is 5.76. The van der Waals surface area contributed by atoms with Crippen LogP contribution < -0.4 is 5.32 Å². The summed E-state index contributed by atoms with van der Waals surface area (Å²) in [5.41, 5.74) is 1.16. The molecule has 9 heteroatoms. The summed E-state index contributed by atoms with van der Waals surface area (Å²) in [5.74, 6) is -0.233. The van der Waals surface area contributed by atoms with Gasteiger partial charge in [0.05, 0.1) is 11.8 Å². The Morgan fingerprint density at radius 2 is 1.94 bits per heavy atom. The number of nitrogens with zero attached hydrogens (tertiary/aromatic N) is 4. The predicted octanol–water partition coefficient (Wildman–Crippen LogP) is 3.99. The Balaban J connectivity index is 1.60. The standard InChI is InChI=1S/C23H30F3N5O/c1-16(2)31-19-7-8-20(31)14-29(12-17-5-3-4-6-21(17)27-10-9-19)22(32)15-30-13-18(11-28-30)23(24,25)26/h3-6,11,13,16,19-20,27H,7-10,12,14-15H2,1-2H3/t19-,20+/m1/s1. The largest absolute Gasteiger partial charge is 0.419 e. The first-order valence-electron chi connectivity index (χ1n) is 11.2. The first-order chi connectivity index (χ1) is 15.2.